The first-order valence-electron chi connectivity index (χ1n) is 8.96. The Morgan fingerprint density at radius 3 is 2.56 bits per heavy atom. The fourth-order valence-corrected chi connectivity index (χ4v) is 3.28. The third-order valence-corrected chi connectivity index (χ3v) is 4.48. The Bertz CT molecular complexity index is 630. The molecule has 0 radical (unpaired) electrons. The van der Waals surface area contributed by atoms with Crippen LogP contribution in [0, 0.1) is 19.8 Å². The second-order valence-corrected chi connectivity index (χ2v) is 7.83. The Hall–Kier alpha value is -1.98. The zero-order chi connectivity index (χ0) is 18.8. The van der Waals surface area contributed by atoms with E-state index in [1.807, 2.05) is 45.6 Å². The molecule has 1 saturated heterocycles. The highest BCUT2D eigenvalue weighted by atomic mass is 16.6. The minimum absolute atomic E-state index is 0.0170. The van der Waals surface area contributed by atoms with Gasteiger partial charge in [-0.15, -0.1) is 0 Å². The molecule has 0 aromatic carbocycles. The number of rotatable bonds is 3. The predicted molar refractivity (Wildman–Crippen MR) is 95.6 cm³/mol. The zero-order valence-electron chi connectivity index (χ0n) is 16.1. The minimum Gasteiger partial charge on any atom is -0.456 e. The topological polar surface area (TPSA) is 71.8 Å². The Morgan fingerprint density at radius 1 is 1.36 bits per heavy atom. The fourth-order valence-electron chi connectivity index (χ4n) is 3.28. The second-order valence-electron chi connectivity index (χ2n) is 7.83. The highest BCUT2D eigenvalue weighted by Crippen LogP contribution is 2.24. The molecule has 6 nitrogen and oxygen atoms in total. The molecule has 2 atom stereocenters. The molecule has 0 bridgehead atoms. The van der Waals surface area contributed by atoms with Crippen LogP contribution in [-0.2, 0) is 4.74 Å². The molecule has 0 aliphatic carbocycles. The van der Waals surface area contributed by atoms with Crippen molar-refractivity contribution in [2.45, 2.75) is 66.0 Å². The molecule has 2 amide bonds. The van der Waals surface area contributed by atoms with E-state index >= 15 is 0 Å². The number of hydrogen-bond donors (Lipinski definition) is 1. The summed E-state index contributed by atoms with van der Waals surface area (Å²) in [6, 6.07) is 1.89. The van der Waals surface area contributed by atoms with Crippen LogP contribution in [0.4, 0.5) is 4.79 Å². The fraction of sp³-hybridized carbons (Fsp3) is 0.684. The van der Waals surface area contributed by atoms with Gasteiger partial charge >= 0.3 is 6.09 Å². The Labute approximate surface area is 149 Å². The lowest BCUT2D eigenvalue weighted by Crippen LogP contribution is -2.53. The summed E-state index contributed by atoms with van der Waals surface area (Å²) in [6.45, 7) is 12.5. The van der Waals surface area contributed by atoms with E-state index in [1.165, 1.54) is 0 Å². The molecule has 6 heteroatoms. The van der Waals surface area contributed by atoms with Crippen LogP contribution in [0.25, 0.3) is 0 Å². The number of likely N-dealkylation sites (tertiary alicyclic amines) is 1. The van der Waals surface area contributed by atoms with Crippen LogP contribution in [0.2, 0.25) is 0 Å². The zero-order valence-corrected chi connectivity index (χ0v) is 16.1. The molecule has 1 aromatic rings. The van der Waals surface area contributed by atoms with Gasteiger partial charge in [-0.2, -0.15) is 0 Å². The molecule has 1 fully saturated rings. The summed E-state index contributed by atoms with van der Waals surface area (Å²) in [5, 5.41) is 2.97. The maximum Gasteiger partial charge on any atom is 0.407 e. The number of carbonyl (C=O) groups is 2. The first kappa shape index (κ1) is 19.3. The Morgan fingerprint density at radius 2 is 2.04 bits per heavy atom. The van der Waals surface area contributed by atoms with Crippen LogP contribution in [0.15, 0.2) is 10.5 Å². The maximum atomic E-state index is 12.7. The molecule has 0 unspecified atom stereocenters. The lowest BCUT2D eigenvalue weighted by atomic mass is 9.90. The second kappa shape index (κ2) is 7.50. The van der Waals surface area contributed by atoms with Crippen molar-refractivity contribution in [1.29, 1.82) is 0 Å². The van der Waals surface area contributed by atoms with E-state index in [1.54, 1.807) is 0 Å². The molecule has 1 N–H and O–H groups in total. The van der Waals surface area contributed by atoms with Gasteiger partial charge in [-0.25, -0.2) is 4.79 Å². The number of carbonyl (C=O) groups excluding carboxylic acids is 2. The molecule has 2 rings (SSSR count). The van der Waals surface area contributed by atoms with Crippen LogP contribution >= 0.6 is 0 Å². The number of hydrogen-bond acceptors (Lipinski definition) is 4. The summed E-state index contributed by atoms with van der Waals surface area (Å²) in [5.74, 6) is 1.29. The minimum atomic E-state index is -0.517. The summed E-state index contributed by atoms with van der Waals surface area (Å²) in [6.07, 6.45) is 1.19. The quantitative estimate of drug-likeness (QED) is 0.903. The highest BCUT2D eigenvalue weighted by Gasteiger charge is 2.34. The molecule has 0 saturated carbocycles. The third-order valence-electron chi connectivity index (χ3n) is 4.48. The first-order valence-corrected chi connectivity index (χ1v) is 8.96. The maximum absolute atomic E-state index is 12.7. The van der Waals surface area contributed by atoms with Crippen molar-refractivity contribution in [3.8, 4) is 0 Å². The number of piperidine rings is 1. The van der Waals surface area contributed by atoms with Gasteiger partial charge in [0.2, 0.25) is 0 Å². The lowest BCUT2D eigenvalue weighted by Gasteiger charge is -2.38. The number of alkyl carbamates (subject to hydrolysis) is 1. The molecule has 140 valence electrons. The smallest absolute Gasteiger partial charge is 0.407 e. The number of nitrogens with zero attached hydrogens (tertiary/aromatic N) is 1. The van der Waals surface area contributed by atoms with Crippen LogP contribution in [0.3, 0.4) is 0 Å². The van der Waals surface area contributed by atoms with E-state index in [0.29, 0.717) is 25.3 Å². The van der Waals surface area contributed by atoms with Crippen molar-refractivity contribution in [1.82, 2.24) is 10.2 Å². The van der Waals surface area contributed by atoms with E-state index in [4.69, 9.17) is 9.15 Å². The molecule has 25 heavy (non-hydrogen) atoms. The number of furan rings is 1. The van der Waals surface area contributed by atoms with Crippen LogP contribution in [0.1, 0.15) is 62.4 Å². The van der Waals surface area contributed by atoms with Crippen molar-refractivity contribution in [3.63, 3.8) is 0 Å². The number of amides is 2. The summed E-state index contributed by atoms with van der Waals surface area (Å²) in [5.41, 5.74) is 0.349. The molecular weight excluding hydrogens is 320 g/mol. The summed E-state index contributed by atoms with van der Waals surface area (Å²) in [7, 11) is 0. The van der Waals surface area contributed by atoms with Gasteiger partial charge in [-0.3, -0.25) is 4.79 Å². The van der Waals surface area contributed by atoms with E-state index < -0.39 is 11.7 Å². The van der Waals surface area contributed by atoms with Crippen LogP contribution in [-0.4, -0.2) is 41.6 Å². The molecule has 1 aliphatic rings. The summed E-state index contributed by atoms with van der Waals surface area (Å²) >= 11 is 0. The van der Waals surface area contributed by atoms with Gasteiger partial charge in [0.05, 0.1) is 0 Å². The Balaban J connectivity index is 2.00. The average molecular weight is 350 g/mol. The van der Waals surface area contributed by atoms with E-state index in [9.17, 15) is 9.59 Å². The highest BCUT2D eigenvalue weighted by molar-refractivity contribution is 5.93. The lowest BCUT2D eigenvalue weighted by molar-refractivity contribution is 0.0411. The van der Waals surface area contributed by atoms with Crippen LogP contribution < -0.4 is 5.32 Å². The predicted octanol–water partition coefficient (Wildman–Crippen LogP) is 3.66. The SMILES string of the molecule is CC[C@H]1CN(C(=O)c2oc(C)cc2C)CC[C@H]1NC(=O)OC(C)(C)C. The van der Waals surface area contributed by atoms with Gasteiger partial charge < -0.3 is 19.4 Å². The van der Waals surface area contributed by atoms with Crippen molar-refractivity contribution in [2.24, 2.45) is 5.92 Å². The normalized spacial score (nSPS) is 21.1. The van der Waals surface area contributed by atoms with Crippen LogP contribution in [0.5, 0.6) is 0 Å². The van der Waals surface area contributed by atoms with Crippen molar-refractivity contribution in [3.05, 3.63) is 23.2 Å². The number of ether oxygens (including phenoxy) is 1. The van der Waals surface area contributed by atoms with E-state index in [-0.39, 0.29) is 17.9 Å². The molecule has 0 spiro atoms. The van der Waals surface area contributed by atoms with E-state index in [2.05, 4.69) is 12.2 Å². The number of aryl methyl sites for hydroxylation is 2. The molecular formula is C19H30N2O4. The standard InChI is InChI=1S/C19H30N2O4/c1-7-14-11-21(17(22)16-12(2)10-13(3)24-16)9-8-15(14)20-18(23)25-19(4,5)6/h10,14-15H,7-9,11H2,1-6H3,(H,20,23)/t14-,15+/m0/s1. The van der Waals surface area contributed by atoms with E-state index in [0.717, 1.165) is 17.7 Å². The molecule has 1 aliphatic heterocycles. The summed E-state index contributed by atoms with van der Waals surface area (Å²) < 4.78 is 10.9. The van der Waals surface area contributed by atoms with Crippen molar-refractivity contribution < 1.29 is 18.7 Å². The summed E-state index contributed by atoms with van der Waals surface area (Å²) in [4.78, 5) is 26.6. The Kier molecular flexibility index (Phi) is 5.80. The van der Waals surface area contributed by atoms with Crippen molar-refractivity contribution in [2.75, 3.05) is 13.1 Å². The molecule has 2 heterocycles. The first-order chi connectivity index (χ1) is 11.6. The van der Waals surface area contributed by atoms with Gasteiger partial charge in [-0.05, 0) is 59.4 Å². The molecule has 1 aromatic heterocycles. The number of nitrogens with one attached hydrogen (secondary N) is 1. The average Bonchev–Trinajstić information content (AvgIpc) is 2.83. The van der Waals surface area contributed by atoms with Gasteiger partial charge in [-0.1, -0.05) is 6.92 Å². The van der Waals surface area contributed by atoms with Gasteiger partial charge in [0.15, 0.2) is 5.76 Å². The van der Waals surface area contributed by atoms with Gasteiger partial charge in [0.25, 0.3) is 5.91 Å². The largest absolute Gasteiger partial charge is 0.456 e. The monoisotopic (exact) mass is 350 g/mol. The van der Waals surface area contributed by atoms with Gasteiger partial charge in [0.1, 0.15) is 11.4 Å². The third kappa shape index (κ3) is 5.00. The van der Waals surface area contributed by atoms with Gasteiger partial charge in [0, 0.05) is 24.7 Å². The van der Waals surface area contributed by atoms with Crippen molar-refractivity contribution >= 4 is 12.0 Å².